The zero-order valence-corrected chi connectivity index (χ0v) is 11.3. The van der Waals surface area contributed by atoms with E-state index in [4.69, 9.17) is 0 Å². The number of hydrogen-bond donors (Lipinski definition) is 1. The average Bonchev–Trinajstić information content (AvgIpc) is 2.81. The van der Waals surface area contributed by atoms with Crippen LogP contribution in [0.3, 0.4) is 0 Å². The number of benzene rings is 1. The molecule has 3 aromatic rings. The minimum Gasteiger partial charge on any atom is -0.378 e. The van der Waals surface area contributed by atoms with Gasteiger partial charge in [-0.05, 0) is 44.2 Å². The van der Waals surface area contributed by atoms with Crippen LogP contribution >= 0.6 is 0 Å². The summed E-state index contributed by atoms with van der Waals surface area (Å²) in [6.07, 6.45) is 0. The first-order chi connectivity index (χ1) is 9.61. The van der Waals surface area contributed by atoms with Crippen molar-refractivity contribution in [2.24, 2.45) is 0 Å². The molecule has 0 spiro atoms. The Hall–Kier alpha value is -2.50. The molecule has 0 radical (unpaired) electrons. The number of fused-ring (bicyclic) bond motifs is 1. The summed E-state index contributed by atoms with van der Waals surface area (Å²) in [6, 6.07) is 8.14. The summed E-state index contributed by atoms with van der Waals surface area (Å²) >= 11 is 0. The van der Waals surface area contributed by atoms with Gasteiger partial charge in [0, 0.05) is 17.1 Å². The van der Waals surface area contributed by atoms with Crippen molar-refractivity contribution in [2.75, 3.05) is 5.32 Å². The van der Waals surface area contributed by atoms with Gasteiger partial charge in [0.05, 0.1) is 6.54 Å². The summed E-state index contributed by atoms with van der Waals surface area (Å²) in [5, 5.41) is 7.54. The molecule has 0 saturated heterocycles. The van der Waals surface area contributed by atoms with Crippen molar-refractivity contribution in [3.63, 3.8) is 0 Å². The Morgan fingerprint density at radius 2 is 1.90 bits per heavy atom. The third kappa shape index (κ3) is 2.45. The second kappa shape index (κ2) is 4.88. The van der Waals surface area contributed by atoms with E-state index in [0.717, 1.165) is 17.1 Å². The van der Waals surface area contributed by atoms with Crippen LogP contribution < -0.4 is 5.32 Å². The Morgan fingerprint density at radius 1 is 1.15 bits per heavy atom. The number of hydrogen-bond acceptors (Lipinski definition) is 4. The van der Waals surface area contributed by atoms with Gasteiger partial charge < -0.3 is 5.32 Å². The van der Waals surface area contributed by atoms with E-state index in [1.165, 1.54) is 12.1 Å². The molecule has 0 aliphatic rings. The van der Waals surface area contributed by atoms with E-state index in [-0.39, 0.29) is 5.82 Å². The third-order valence-corrected chi connectivity index (χ3v) is 2.96. The van der Waals surface area contributed by atoms with Gasteiger partial charge in [-0.25, -0.2) is 13.9 Å². The van der Waals surface area contributed by atoms with Gasteiger partial charge in [-0.3, -0.25) is 0 Å². The average molecular weight is 271 g/mol. The first kappa shape index (κ1) is 12.5. The second-order valence-electron chi connectivity index (χ2n) is 4.64. The topological polar surface area (TPSA) is 55.1 Å². The standard InChI is InChI=1S/C14H14FN5/c1-9-7-10(2)20-14(17-9)18-13(19-20)8-16-12-5-3-11(15)4-6-12/h3-7,16H,8H2,1-2H3. The predicted octanol–water partition coefficient (Wildman–Crippen LogP) is 2.49. The zero-order chi connectivity index (χ0) is 14.1. The molecule has 1 aromatic carbocycles. The van der Waals surface area contributed by atoms with Crippen molar-refractivity contribution in [2.45, 2.75) is 20.4 Å². The van der Waals surface area contributed by atoms with Gasteiger partial charge in [-0.15, -0.1) is 5.10 Å². The van der Waals surface area contributed by atoms with E-state index in [0.29, 0.717) is 18.1 Å². The largest absolute Gasteiger partial charge is 0.378 e. The van der Waals surface area contributed by atoms with Gasteiger partial charge in [0.15, 0.2) is 5.82 Å². The number of aromatic nitrogens is 4. The molecule has 0 amide bonds. The van der Waals surface area contributed by atoms with Gasteiger partial charge in [-0.1, -0.05) is 0 Å². The summed E-state index contributed by atoms with van der Waals surface area (Å²) in [6.45, 7) is 4.36. The lowest BCUT2D eigenvalue weighted by atomic mass is 10.3. The van der Waals surface area contributed by atoms with Crippen molar-refractivity contribution < 1.29 is 4.39 Å². The van der Waals surface area contributed by atoms with E-state index in [1.54, 1.807) is 16.6 Å². The van der Waals surface area contributed by atoms with E-state index in [2.05, 4.69) is 20.4 Å². The van der Waals surface area contributed by atoms with Crippen molar-refractivity contribution >= 4 is 11.5 Å². The molecule has 3 rings (SSSR count). The summed E-state index contributed by atoms with van der Waals surface area (Å²) in [7, 11) is 0. The van der Waals surface area contributed by atoms with Gasteiger partial charge in [0.1, 0.15) is 5.82 Å². The highest BCUT2D eigenvalue weighted by Crippen LogP contribution is 2.10. The minimum atomic E-state index is -0.253. The third-order valence-electron chi connectivity index (χ3n) is 2.96. The van der Waals surface area contributed by atoms with Crippen molar-refractivity contribution in [3.05, 3.63) is 53.4 Å². The normalized spacial score (nSPS) is 10.9. The summed E-state index contributed by atoms with van der Waals surface area (Å²) < 4.78 is 14.5. The summed E-state index contributed by atoms with van der Waals surface area (Å²) in [5.74, 6) is 0.991. The monoisotopic (exact) mass is 271 g/mol. The highest BCUT2D eigenvalue weighted by molar-refractivity contribution is 5.43. The number of nitrogens with zero attached hydrogens (tertiary/aromatic N) is 4. The van der Waals surface area contributed by atoms with E-state index < -0.39 is 0 Å². The van der Waals surface area contributed by atoms with Crippen molar-refractivity contribution in [1.82, 2.24) is 19.6 Å². The molecule has 5 nitrogen and oxygen atoms in total. The zero-order valence-electron chi connectivity index (χ0n) is 11.3. The maximum absolute atomic E-state index is 12.8. The van der Waals surface area contributed by atoms with Crippen LogP contribution in [0.25, 0.3) is 5.78 Å². The Bertz CT molecular complexity index is 748. The molecule has 102 valence electrons. The lowest BCUT2D eigenvalue weighted by Crippen LogP contribution is -2.02. The van der Waals surface area contributed by atoms with Crippen LogP contribution in [-0.2, 0) is 6.54 Å². The Balaban J connectivity index is 1.81. The van der Waals surface area contributed by atoms with Gasteiger partial charge in [0.2, 0.25) is 0 Å². The first-order valence-corrected chi connectivity index (χ1v) is 6.31. The van der Waals surface area contributed by atoms with Crippen LogP contribution in [0.5, 0.6) is 0 Å². The summed E-state index contributed by atoms with van der Waals surface area (Å²) in [4.78, 5) is 8.71. The molecular formula is C14H14FN5. The number of nitrogens with one attached hydrogen (secondary N) is 1. The fourth-order valence-electron chi connectivity index (χ4n) is 2.03. The number of rotatable bonds is 3. The molecule has 6 heteroatoms. The summed E-state index contributed by atoms with van der Waals surface area (Å²) in [5.41, 5.74) is 2.74. The molecule has 0 saturated carbocycles. The highest BCUT2D eigenvalue weighted by Gasteiger charge is 2.07. The van der Waals surface area contributed by atoms with E-state index in [1.807, 2.05) is 19.9 Å². The molecule has 0 fully saturated rings. The molecule has 0 aliphatic carbocycles. The second-order valence-corrected chi connectivity index (χ2v) is 4.64. The first-order valence-electron chi connectivity index (χ1n) is 6.31. The van der Waals surface area contributed by atoms with E-state index in [9.17, 15) is 4.39 Å². The highest BCUT2D eigenvalue weighted by atomic mass is 19.1. The molecule has 2 heterocycles. The van der Waals surface area contributed by atoms with Crippen LogP contribution in [0, 0.1) is 19.7 Å². The van der Waals surface area contributed by atoms with Crippen molar-refractivity contribution in [3.8, 4) is 0 Å². The smallest absolute Gasteiger partial charge is 0.252 e. The minimum absolute atomic E-state index is 0.253. The maximum atomic E-state index is 12.8. The Kier molecular flexibility index (Phi) is 3.06. The number of aryl methyl sites for hydroxylation is 2. The molecule has 0 bridgehead atoms. The predicted molar refractivity (Wildman–Crippen MR) is 74.0 cm³/mol. The van der Waals surface area contributed by atoms with E-state index >= 15 is 0 Å². The van der Waals surface area contributed by atoms with Gasteiger partial charge >= 0.3 is 0 Å². The van der Waals surface area contributed by atoms with Gasteiger partial charge in [-0.2, -0.15) is 4.98 Å². The molecule has 0 atom stereocenters. The lowest BCUT2D eigenvalue weighted by Gasteiger charge is -2.02. The maximum Gasteiger partial charge on any atom is 0.252 e. The van der Waals surface area contributed by atoms with Crippen molar-refractivity contribution in [1.29, 1.82) is 0 Å². The van der Waals surface area contributed by atoms with Crippen LogP contribution in [0.2, 0.25) is 0 Å². The quantitative estimate of drug-likeness (QED) is 0.795. The number of anilines is 1. The molecule has 0 aliphatic heterocycles. The molecule has 1 N–H and O–H groups in total. The molecule has 2 aromatic heterocycles. The number of halogens is 1. The van der Waals surface area contributed by atoms with Gasteiger partial charge in [0.25, 0.3) is 5.78 Å². The Labute approximate surface area is 115 Å². The van der Waals surface area contributed by atoms with Crippen LogP contribution in [0.1, 0.15) is 17.2 Å². The SMILES string of the molecule is Cc1cc(C)n2nc(CNc3ccc(F)cc3)nc2n1. The lowest BCUT2D eigenvalue weighted by molar-refractivity contribution is 0.628. The Morgan fingerprint density at radius 3 is 2.65 bits per heavy atom. The van der Waals surface area contributed by atoms with Crippen LogP contribution in [-0.4, -0.2) is 19.6 Å². The molecule has 0 unspecified atom stereocenters. The fraction of sp³-hybridized carbons (Fsp3) is 0.214. The van der Waals surface area contributed by atoms with Crippen LogP contribution in [0.15, 0.2) is 30.3 Å². The van der Waals surface area contributed by atoms with Crippen LogP contribution in [0.4, 0.5) is 10.1 Å². The molecular weight excluding hydrogens is 257 g/mol. The molecule has 20 heavy (non-hydrogen) atoms. The fourth-order valence-corrected chi connectivity index (χ4v) is 2.03.